The summed E-state index contributed by atoms with van der Waals surface area (Å²) in [5, 5.41) is 0. The minimum atomic E-state index is -0.759. The molecule has 0 aliphatic carbocycles. The van der Waals surface area contributed by atoms with Crippen LogP contribution in [0.4, 0.5) is 0 Å². The molecule has 3 nitrogen and oxygen atoms in total. The van der Waals surface area contributed by atoms with Crippen LogP contribution in [0.25, 0.3) is 0 Å². The topological polar surface area (TPSA) is 29.5 Å². The quantitative estimate of drug-likeness (QED) is 0.492. The van der Waals surface area contributed by atoms with Crippen LogP contribution in [-0.4, -0.2) is 38.9 Å². The van der Waals surface area contributed by atoms with Gasteiger partial charge in [0.15, 0.2) is 0 Å². The molecule has 1 fully saturated rings. The molecule has 0 amide bonds. The van der Waals surface area contributed by atoms with Crippen LogP contribution >= 0.6 is 0 Å². The molecule has 0 spiro atoms. The number of rotatable bonds is 3. The van der Waals surface area contributed by atoms with Gasteiger partial charge in [0, 0.05) is 5.82 Å². The van der Waals surface area contributed by atoms with E-state index < -0.39 is 11.8 Å². The molecule has 2 aromatic rings. The number of esters is 1. The number of ether oxygens (including phenoxy) is 1. The van der Waals surface area contributed by atoms with E-state index in [1.807, 2.05) is 37.3 Å². The van der Waals surface area contributed by atoms with Gasteiger partial charge < -0.3 is 9.64 Å². The Labute approximate surface area is 146 Å². The Morgan fingerprint density at radius 3 is 2.12 bits per heavy atom. The molecule has 2 radical (unpaired) electrons. The molecule has 2 aromatic carbocycles. The summed E-state index contributed by atoms with van der Waals surface area (Å²) in [5.41, 5.74) is 1.88. The summed E-state index contributed by atoms with van der Waals surface area (Å²) in [4.78, 5) is 14.2. The van der Waals surface area contributed by atoms with Crippen LogP contribution in [0, 0.1) is 6.92 Å². The molecular weight excluding hydrogens is 297 g/mol. The van der Waals surface area contributed by atoms with Gasteiger partial charge in [0.1, 0.15) is 5.75 Å². The average molecular weight is 321 g/mol. The van der Waals surface area contributed by atoms with E-state index in [1.165, 1.54) is 25.9 Å². The largest absolute Gasteiger partial charge is 0.427 e. The Balaban J connectivity index is 0.000000292. The minimum absolute atomic E-state index is 0.454. The number of nitrogens with zero attached hydrogens (tertiary/aromatic N) is 1. The molecule has 0 saturated carbocycles. The van der Waals surface area contributed by atoms with E-state index in [9.17, 15) is 4.79 Å². The smallest absolute Gasteiger partial charge is 0.309 e. The molecule has 0 N–H and O–H groups in total. The van der Waals surface area contributed by atoms with Crippen LogP contribution in [0.2, 0.25) is 0 Å². The Hall–Kier alpha value is -2.07. The van der Waals surface area contributed by atoms with Crippen molar-refractivity contribution in [2.75, 3.05) is 20.1 Å². The molecule has 1 atom stereocenters. The highest BCUT2D eigenvalue weighted by atomic mass is 16.5. The first kappa shape index (κ1) is 18.3. The van der Waals surface area contributed by atoms with Crippen LogP contribution in [0.3, 0.4) is 0 Å². The standard InChI is InChI=1S/C15H13BO2.C5H11N/c1-11-7-9-12(10-8-11)14(16)15(17)18-13-5-3-2-4-6-13;1-6-4-2-3-5-6/h2-10,14H,1H3;2-5H2,1H3/t14-;/m1./s1. The number of likely N-dealkylation sites (tertiary alicyclic amines) is 1. The number of aryl methyl sites for hydroxylation is 1. The number of benzene rings is 2. The highest BCUT2D eigenvalue weighted by molar-refractivity contribution is 6.23. The zero-order chi connectivity index (χ0) is 17.4. The van der Waals surface area contributed by atoms with Gasteiger partial charge in [-0.25, -0.2) is 0 Å². The summed E-state index contributed by atoms with van der Waals surface area (Å²) < 4.78 is 5.20. The van der Waals surface area contributed by atoms with Gasteiger partial charge in [0.25, 0.3) is 0 Å². The van der Waals surface area contributed by atoms with Crippen LogP contribution < -0.4 is 4.74 Å². The second-order valence-electron chi connectivity index (χ2n) is 6.13. The van der Waals surface area contributed by atoms with Gasteiger partial charge >= 0.3 is 5.97 Å². The molecule has 24 heavy (non-hydrogen) atoms. The van der Waals surface area contributed by atoms with Gasteiger partial charge in [0.2, 0.25) is 0 Å². The second kappa shape index (κ2) is 9.28. The van der Waals surface area contributed by atoms with Crippen LogP contribution in [0.5, 0.6) is 5.75 Å². The maximum Gasteiger partial charge on any atom is 0.309 e. The van der Waals surface area contributed by atoms with Crippen molar-refractivity contribution in [2.24, 2.45) is 0 Å². The van der Waals surface area contributed by atoms with Gasteiger partial charge in [-0.15, -0.1) is 0 Å². The number of carbonyl (C=O) groups is 1. The van der Waals surface area contributed by atoms with E-state index in [-0.39, 0.29) is 0 Å². The van der Waals surface area contributed by atoms with E-state index in [2.05, 4.69) is 11.9 Å². The summed E-state index contributed by atoms with van der Waals surface area (Å²) in [5.74, 6) is -0.707. The lowest BCUT2D eigenvalue weighted by Gasteiger charge is -2.12. The number of carbonyl (C=O) groups excluding carboxylic acids is 1. The molecule has 1 aliphatic rings. The van der Waals surface area contributed by atoms with Crippen molar-refractivity contribution in [2.45, 2.75) is 25.6 Å². The molecular formula is C20H24BNO2. The first-order valence-electron chi connectivity index (χ1n) is 8.33. The summed E-state index contributed by atoms with van der Waals surface area (Å²) in [6, 6.07) is 16.4. The molecule has 1 heterocycles. The van der Waals surface area contributed by atoms with Crippen molar-refractivity contribution in [3.63, 3.8) is 0 Å². The fourth-order valence-electron chi connectivity index (χ4n) is 2.45. The highest BCUT2D eigenvalue weighted by Crippen LogP contribution is 2.17. The Kier molecular flexibility index (Phi) is 7.07. The van der Waals surface area contributed by atoms with E-state index in [4.69, 9.17) is 12.6 Å². The molecule has 1 saturated heterocycles. The lowest BCUT2D eigenvalue weighted by atomic mass is 9.81. The van der Waals surface area contributed by atoms with Gasteiger partial charge in [-0.3, -0.25) is 4.79 Å². The SMILES string of the molecule is CN1CCCC1.[B][C@@H](C(=O)Oc1ccccc1)c1ccc(C)cc1. The fraction of sp³-hybridized carbons (Fsp3) is 0.350. The lowest BCUT2D eigenvalue weighted by molar-refractivity contribution is -0.134. The molecule has 3 rings (SSSR count). The lowest BCUT2D eigenvalue weighted by Crippen LogP contribution is -2.18. The minimum Gasteiger partial charge on any atom is -0.427 e. The fourth-order valence-corrected chi connectivity index (χ4v) is 2.45. The highest BCUT2D eigenvalue weighted by Gasteiger charge is 2.16. The molecule has 0 unspecified atom stereocenters. The van der Waals surface area contributed by atoms with Gasteiger partial charge in [0.05, 0.1) is 7.85 Å². The van der Waals surface area contributed by atoms with Crippen LogP contribution in [-0.2, 0) is 4.79 Å². The van der Waals surface area contributed by atoms with E-state index in [1.54, 1.807) is 24.3 Å². The zero-order valence-electron chi connectivity index (χ0n) is 14.4. The third-order valence-electron chi connectivity index (χ3n) is 3.98. The zero-order valence-corrected chi connectivity index (χ0v) is 14.4. The van der Waals surface area contributed by atoms with Crippen LogP contribution in [0.1, 0.15) is 29.8 Å². The summed E-state index contributed by atoms with van der Waals surface area (Å²) in [6.07, 6.45) is 2.83. The Morgan fingerprint density at radius 2 is 1.62 bits per heavy atom. The first-order chi connectivity index (χ1) is 11.6. The summed E-state index contributed by atoms with van der Waals surface area (Å²) >= 11 is 0. The molecule has 0 aromatic heterocycles. The average Bonchev–Trinajstić information content (AvgIpc) is 3.07. The van der Waals surface area contributed by atoms with Gasteiger partial charge in [-0.05, 0) is 57.6 Å². The molecule has 124 valence electrons. The van der Waals surface area contributed by atoms with Crippen molar-refractivity contribution in [3.8, 4) is 5.75 Å². The van der Waals surface area contributed by atoms with Crippen molar-refractivity contribution in [1.82, 2.24) is 4.90 Å². The number of hydrogen-bond donors (Lipinski definition) is 0. The summed E-state index contributed by atoms with van der Waals surface area (Å²) in [7, 11) is 8.04. The number of hydrogen-bond acceptors (Lipinski definition) is 3. The maximum atomic E-state index is 11.9. The van der Waals surface area contributed by atoms with E-state index in [0.29, 0.717) is 5.75 Å². The Morgan fingerprint density at radius 1 is 1.04 bits per heavy atom. The second-order valence-corrected chi connectivity index (χ2v) is 6.13. The summed E-state index contributed by atoms with van der Waals surface area (Å²) in [6.45, 7) is 4.62. The predicted molar refractivity (Wildman–Crippen MR) is 98.5 cm³/mol. The van der Waals surface area contributed by atoms with Crippen molar-refractivity contribution in [1.29, 1.82) is 0 Å². The van der Waals surface area contributed by atoms with E-state index >= 15 is 0 Å². The van der Waals surface area contributed by atoms with E-state index in [0.717, 1.165) is 11.1 Å². The molecule has 1 aliphatic heterocycles. The van der Waals surface area contributed by atoms with Crippen LogP contribution in [0.15, 0.2) is 54.6 Å². The number of para-hydroxylation sites is 1. The maximum absolute atomic E-state index is 11.9. The van der Waals surface area contributed by atoms with Gasteiger partial charge in [-0.1, -0.05) is 48.0 Å². The van der Waals surface area contributed by atoms with Gasteiger partial charge in [-0.2, -0.15) is 0 Å². The predicted octanol–water partition coefficient (Wildman–Crippen LogP) is 3.52. The third kappa shape index (κ3) is 5.86. The normalized spacial score (nSPS) is 15.2. The third-order valence-corrected chi connectivity index (χ3v) is 3.98. The Bertz CT molecular complexity index is 622. The molecule has 4 heteroatoms. The van der Waals surface area contributed by atoms with Crippen molar-refractivity contribution >= 4 is 13.8 Å². The first-order valence-corrected chi connectivity index (χ1v) is 8.33. The van der Waals surface area contributed by atoms with Crippen molar-refractivity contribution < 1.29 is 9.53 Å². The van der Waals surface area contributed by atoms with Crippen molar-refractivity contribution in [3.05, 3.63) is 65.7 Å². The monoisotopic (exact) mass is 321 g/mol. The molecule has 0 bridgehead atoms.